The van der Waals surface area contributed by atoms with Crippen molar-refractivity contribution in [1.29, 1.82) is 0 Å². The van der Waals surface area contributed by atoms with Gasteiger partial charge in [0.2, 0.25) is 0 Å². The molecule has 0 saturated heterocycles. The highest BCUT2D eigenvalue weighted by Crippen LogP contribution is 2.51. The summed E-state index contributed by atoms with van der Waals surface area (Å²) >= 11 is 0. The highest BCUT2D eigenvalue weighted by molar-refractivity contribution is 6.03. The molecule has 0 bridgehead atoms. The lowest BCUT2D eigenvalue weighted by Gasteiger charge is -2.23. The summed E-state index contributed by atoms with van der Waals surface area (Å²) in [5, 5.41) is 5.80. The van der Waals surface area contributed by atoms with Gasteiger partial charge in [-0.3, -0.25) is 0 Å². The van der Waals surface area contributed by atoms with Gasteiger partial charge in [0.15, 0.2) is 0 Å². The second kappa shape index (κ2) is 7.48. The van der Waals surface area contributed by atoms with Crippen LogP contribution < -0.4 is 0 Å². The third-order valence-electron chi connectivity index (χ3n) is 10.1. The van der Waals surface area contributed by atoms with Gasteiger partial charge in [-0.2, -0.15) is 0 Å². The summed E-state index contributed by atoms with van der Waals surface area (Å²) in [7, 11) is 0. The van der Waals surface area contributed by atoms with Crippen LogP contribution in [0.3, 0.4) is 0 Å². The van der Waals surface area contributed by atoms with Gasteiger partial charge in [0, 0.05) is 5.41 Å². The topological polar surface area (TPSA) is 0 Å². The maximum absolute atomic E-state index is 2.48. The van der Waals surface area contributed by atoms with Crippen molar-refractivity contribution in [2.24, 2.45) is 0 Å². The summed E-state index contributed by atoms with van der Waals surface area (Å²) < 4.78 is 0. The average molecular weight is 499 g/mol. The summed E-state index contributed by atoms with van der Waals surface area (Å²) in [6.07, 6.45) is 4.68. The first-order valence-corrected chi connectivity index (χ1v) is 14.4. The molecule has 9 rings (SSSR count). The zero-order valence-electron chi connectivity index (χ0n) is 22.6. The van der Waals surface area contributed by atoms with Crippen molar-refractivity contribution in [1.82, 2.24) is 0 Å². The van der Waals surface area contributed by atoms with Gasteiger partial charge >= 0.3 is 0 Å². The minimum atomic E-state index is -0.0551. The van der Waals surface area contributed by atoms with Crippen LogP contribution in [0.15, 0.2) is 97.1 Å². The van der Waals surface area contributed by atoms with Gasteiger partial charge in [-0.1, -0.05) is 98.8 Å². The molecule has 0 nitrogen and oxygen atoms in total. The number of rotatable bonds is 2. The van der Waals surface area contributed by atoms with E-state index in [0.29, 0.717) is 0 Å². The lowest BCUT2D eigenvalue weighted by molar-refractivity contribution is 0.661. The Bertz CT molecular complexity index is 1870. The smallest absolute Gasteiger partial charge is 0.0159 e. The molecule has 3 aliphatic rings. The van der Waals surface area contributed by atoms with Crippen molar-refractivity contribution in [2.45, 2.75) is 44.9 Å². The lowest BCUT2D eigenvalue weighted by atomic mass is 9.80. The van der Waals surface area contributed by atoms with Crippen LogP contribution in [0.5, 0.6) is 0 Å². The number of fused-ring (bicyclic) bond motifs is 3. The monoisotopic (exact) mass is 498 g/mol. The molecule has 0 radical (unpaired) electrons. The molecule has 0 atom stereocenters. The summed E-state index contributed by atoms with van der Waals surface area (Å²) in [5.74, 6) is 0. The van der Waals surface area contributed by atoms with E-state index < -0.39 is 0 Å². The van der Waals surface area contributed by atoms with Gasteiger partial charge in [-0.25, -0.2) is 0 Å². The maximum atomic E-state index is 2.48. The summed E-state index contributed by atoms with van der Waals surface area (Å²) in [5.41, 5.74) is 17.0. The third kappa shape index (κ3) is 2.84. The average Bonchev–Trinajstić information content (AvgIpc) is 3.65. The normalized spacial score (nSPS) is 15.7. The molecule has 0 heterocycles. The Morgan fingerprint density at radius 3 is 1.31 bits per heavy atom. The van der Waals surface area contributed by atoms with Crippen LogP contribution in [0.4, 0.5) is 0 Å². The Kier molecular flexibility index (Phi) is 4.17. The summed E-state index contributed by atoms with van der Waals surface area (Å²) in [4.78, 5) is 0. The van der Waals surface area contributed by atoms with Crippen LogP contribution >= 0.6 is 0 Å². The fourth-order valence-electron chi connectivity index (χ4n) is 8.07. The molecule has 0 unspecified atom stereocenters. The lowest BCUT2D eigenvalue weighted by Crippen LogP contribution is -2.15. The second-order valence-corrected chi connectivity index (χ2v) is 12.4. The number of aryl methyl sites for hydroxylation is 4. The zero-order valence-corrected chi connectivity index (χ0v) is 22.6. The molecule has 39 heavy (non-hydrogen) atoms. The molecule has 0 fully saturated rings. The van der Waals surface area contributed by atoms with E-state index in [-0.39, 0.29) is 5.41 Å². The highest BCUT2D eigenvalue weighted by atomic mass is 14.4. The molecular weight excluding hydrogens is 468 g/mol. The van der Waals surface area contributed by atoms with Crippen molar-refractivity contribution in [3.05, 3.63) is 130 Å². The van der Waals surface area contributed by atoms with Gasteiger partial charge in [0.1, 0.15) is 0 Å². The van der Waals surface area contributed by atoms with Crippen molar-refractivity contribution in [2.75, 3.05) is 0 Å². The van der Waals surface area contributed by atoms with Gasteiger partial charge in [-0.15, -0.1) is 0 Å². The summed E-state index contributed by atoms with van der Waals surface area (Å²) in [6.45, 7) is 4.82. The molecule has 0 aromatic heterocycles. The third-order valence-corrected chi connectivity index (χ3v) is 10.1. The molecule has 0 amide bonds. The molecule has 6 aromatic carbocycles. The largest absolute Gasteiger partial charge is 0.0613 e. The molecule has 0 saturated carbocycles. The van der Waals surface area contributed by atoms with Crippen LogP contribution in [-0.2, 0) is 31.1 Å². The van der Waals surface area contributed by atoms with Crippen molar-refractivity contribution >= 4 is 21.5 Å². The molecule has 0 N–H and O–H groups in total. The van der Waals surface area contributed by atoms with E-state index in [9.17, 15) is 0 Å². The Morgan fingerprint density at radius 2 is 0.846 bits per heavy atom. The van der Waals surface area contributed by atoms with E-state index in [1.807, 2.05) is 0 Å². The second-order valence-electron chi connectivity index (χ2n) is 12.4. The minimum Gasteiger partial charge on any atom is -0.0613 e. The van der Waals surface area contributed by atoms with Crippen LogP contribution in [-0.4, -0.2) is 0 Å². The first kappa shape index (κ1) is 21.7. The van der Waals surface area contributed by atoms with E-state index in [0.717, 1.165) is 0 Å². The Morgan fingerprint density at radius 1 is 0.436 bits per heavy atom. The minimum absolute atomic E-state index is 0.0551. The van der Waals surface area contributed by atoms with Crippen molar-refractivity contribution in [3.8, 4) is 33.4 Å². The predicted octanol–water partition coefficient (Wildman–Crippen LogP) is 9.83. The molecule has 6 aromatic rings. The quantitative estimate of drug-likeness (QED) is 0.223. The molecular formula is C39H30. The van der Waals surface area contributed by atoms with Crippen molar-refractivity contribution < 1.29 is 0 Å². The Labute approximate surface area is 230 Å². The van der Waals surface area contributed by atoms with E-state index in [2.05, 4.69) is 111 Å². The Balaban J connectivity index is 1.19. The maximum Gasteiger partial charge on any atom is 0.0159 e. The predicted molar refractivity (Wildman–Crippen MR) is 165 cm³/mol. The van der Waals surface area contributed by atoms with Crippen LogP contribution in [0.2, 0.25) is 0 Å². The number of benzene rings is 6. The number of hydrogen-bond acceptors (Lipinski definition) is 0. The zero-order chi connectivity index (χ0) is 25.9. The SMILES string of the molecule is CC1(C)c2cc(-c3ccc4c5c(cccc35)CC4)ccc2-c2ccc(-c3ccc4c5c(cccc35)CC4)cc21. The molecule has 3 aliphatic carbocycles. The number of hydrogen-bond donors (Lipinski definition) is 0. The summed E-state index contributed by atoms with van der Waals surface area (Å²) in [6, 6.07) is 37.6. The van der Waals surface area contributed by atoms with Gasteiger partial charge in [0.25, 0.3) is 0 Å². The first-order valence-electron chi connectivity index (χ1n) is 14.4. The fourth-order valence-corrected chi connectivity index (χ4v) is 8.07. The van der Waals surface area contributed by atoms with Crippen LogP contribution in [0.25, 0.3) is 54.9 Å². The molecule has 0 aliphatic heterocycles. The molecule has 0 spiro atoms. The van der Waals surface area contributed by atoms with E-state index in [4.69, 9.17) is 0 Å². The van der Waals surface area contributed by atoms with Crippen LogP contribution in [0.1, 0.15) is 47.2 Å². The van der Waals surface area contributed by atoms with Gasteiger partial charge < -0.3 is 0 Å². The molecule has 186 valence electrons. The fraction of sp³-hybridized carbons (Fsp3) is 0.179. The molecule has 0 heteroatoms. The van der Waals surface area contributed by atoms with E-state index >= 15 is 0 Å². The van der Waals surface area contributed by atoms with Gasteiger partial charge in [-0.05, 0) is 126 Å². The van der Waals surface area contributed by atoms with Crippen molar-refractivity contribution in [3.63, 3.8) is 0 Å². The first-order chi connectivity index (χ1) is 19.1. The standard InChI is InChI=1S/C39H30/c1-39(2)35-21-27(29-17-13-25-11-9-23-5-3-7-33(29)37(23)25)15-19-31(35)32-20-16-28(22-36(32)39)30-18-14-26-12-10-24-6-4-8-34(30)38(24)26/h3-8,13-22H,9-12H2,1-2H3. The van der Waals surface area contributed by atoms with E-state index in [1.54, 1.807) is 0 Å². The Hall–Kier alpha value is -4.16. The highest BCUT2D eigenvalue weighted by Gasteiger charge is 2.36. The van der Waals surface area contributed by atoms with E-state index in [1.165, 1.54) is 114 Å². The van der Waals surface area contributed by atoms with Crippen LogP contribution in [0, 0.1) is 0 Å². The van der Waals surface area contributed by atoms with Gasteiger partial charge in [0.05, 0.1) is 0 Å².